The molecule has 6 rings (SSSR count). The summed E-state index contributed by atoms with van der Waals surface area (Å²) in [6.07, 6.45) is -2.92. The summed E-state index contributed by atoms with van der Waals surface area (Å²) in [7, 11) is 0. The number of fused-ring (bicyclic) bond motifs is 3. The van der Waals surface area contributed by atoms with Crippen molar-refractivity contribution in [1.82, 2.24) is 0 Å². The normalized spacial score (nSPS) is 17.0. The van der Waals surface area contributed by atoms with Gasteiger partial charge in [-0.05, 0) is 54.6 Å². The summed E-state index contributed by atoms with van der Waals surface area (Å²) in [5, 5.41) is 17.0. The fourth-order valence-corrected chi connectivity index (χ4v) is 5.58. The molecular weight excluding hydrogens is 533 g/mol. The number of nitrogens with zero attached hydrogens (tertiary/aromatic N) is 2. The van der Waals surface area contributed by atoms with E-state index in [9.17, 15) is 23.1 Å². The van der Waals surface area contributed by atoms with Crippen molar-refractivity contribution < 1.29 is 32.4 Å². The number of phenolic OH excluding ortho intramolecular Hbond substituents is 1. The molecule has 198 valence electrons. The summed E-state index contributed by atoms with van der Waals surface area (Å²) in [6, 6.07) is 18.8. The Morgan fingerprint density at radius 3 is 2.54 bits per heavy atom. The highest BCUT2D eigenvalue weighted by Gasteiger charge is 2.56. The van der Waals surface area contributed by atoms with E-state index in [-0.39, 0.29) is 11.4 Å². The van der Waals surface area contributed by atoms with Crippen molar-refractivity contribution in [2.24, 2.45) is 0 Å². The number of carbonyl (C=O) groups excluding carboxylic acids is 1. The number of benzene rings is 3. The van der Waals surface area contributed by atoms with Crippen LogP contribution >= 0.6 is 11.6 Å². The number of pyridine rings is 1. The van der Waals surface area contributed by atoms with Crippen LogP contribution in [0.4, 0.5) is 40.7 Å². The first kappa shape index (κ1) is 24.9. The quantitative estimate of drug-likeness (QED) is 0.244. The van der Waals surface area contributed by atoms with Gasteiger partial charge in [0, 0.05) is 18.7 Å². The van der Waals surface area contributed by atoms with Gasteiger partial charge >= 0.3 is 12.4 Å². The number of aromatic hydroxyl groups is 1. The van der Waals surface area contributed by atoms with Crippen LogP contribution in [0.1, 0.15) is 12.5 Å². The number of hydrogen-bond donors (Lipinski definition) is 3. The summed E-state index contributed by atoms with van der Waals surface area (Å²) >= 11 is 6.34. The van der Waals surface area contributed by atoms with Crippen LogP contribution in [-0.2, 0) is 5.54 Å². The Balaban J connectivity index is 1.29. The first-order valence-electron chi connectivity index (χ1n) is 11.9. The topological polar surface area (TPSA) is 77.7 Å². The number of amides is 2. The third-order valence-electron chi connectivity index (χ3n) is 6.94. The summed E-state index contributed by atoms with van der Waals surface area (Å²) in [6.45, 7) is 2.54. The molecule has 2 aliphatic heterocycles. The van der Waals surface area contributed by atoms with E-state index >= 15 is 0 Å². The van der Waals surface area contributed by atoms with Gasteiger partial charge in [0.1, 0.15) is 16.5 Å². The van der Waals surface area contributed by atoms with Gasteiger partial charge in [-0.1, -0.05) is 23.7 Å². The van der Waals surface area contributed by atoms with E-state index in [1.165, 1.54) is 12.1 Å². The Labute approximate surface area is 226 Å². The molecule has 11 heteroatoms. The number of anilines is 4. The molecule has 3 N–H and O–H groups in total. The zero-order valence-corrected chi connectivity index (χ0v) is 21.1. The van der Waals surface area contributed by atoms with Gasteiger partial charge < -0.3 is 25.4 Å². The molecule has 1 atom stereocenters. The molecule has 0 bridgehead atoms. The third kappa shape index (κ3) is 4.26. The second-order valence-electron chi connectivity index (χ2n) is 9.49. The van der Waals surface area contributed by atoms with Gasteiger partial charge in [-0.3, -0.25) is 0 Å². The number of alkyl halides is 3. The minimum atomic E-state index is -4.80. The maximum atomic E-state index is 12.8. The smallest absolute Gasteiger partial charge is 0.506 e. The van der Waals surface area contributed by atoms with Crippen LogP contribution in [0.2, 0.25) is 5.02 Å². The lowest BCUT2D eigenvalue weighted by Crippen LogP contribution is -2.55. The lowest BCUT2D eigenvalue weighted by atomic mass is 9.93. The van der Waals surface area contributed by atoms with E-state index < -0.39 is 23.7 Å². The number of halogens is 4. The van der Waals surface area contributed by atoms with Crippen molar-refractivity contribution in [3.63, 3.8) is 0 Å². The molecule has 3 aromatic carbocycles. The van der Waals surface area contributed by atoms with E-state index in [0.29, 0.717) is 28.6 Å². The highest BCUT2D eigenvalue weighted by atomic mass is 35.5. The maximum absolute atomic E-state index is 12.8. The van der Waals surface area contributed by atoms with Crippen molar-refractivity contribution in [2.75, 3.05) is 22.1 Å². The Kier molecular flexibility index (Phi) is 5.62. The largest absolute Gasteiger partial charge is 0.573 e. The predicted molar refractivity (Wildman–Crippen MR) is 141 cm³/mol. The van der Waals surface area contributed by atoms with Crippen LogP contribution in [0.3, 0.4) is 0 Å². The molecule has 39 heavy (non-hydrogen) atoms. The first-order chi connectivity index (χ1) is 18.5. The number of ether oxygens (including phenoxy) is 1. The van der Waals surface area contributed by atoms with E-state index in [1.54, 1.807) is 18.2 Å². The number of rotatable bonds is 4. The maximum Gasteiger partial charge on any atom is 0.573 e. The molecule has 4 aromatic rings. The summed E-state index contributed by atoms with van der Waals surface area (Å²) in [5.74, 6) is -0.284. The number of nitrogens with one attached hydrogen (secondary N) is 2. The van der Waals surface area contributed by atoms with Gasteiger partial charge in [-0.2, -0.15) is 4.57 Å². The summed E-state index contributed by atoms with van der Waals surface area (Å²) < 4.78 is 43.2. The molecule has 1 aromatic heterocycles. The van der Waals surface area contributed by atoms with Crippen molar-refractivity contribution in [3.8, 4) is 22.8 Å². The van der Waals surface area contributed by atoms with Crippen LogP contribution < -0.4 is 24.8 Å². The van der Waals surface area contributed by atoms with Crippen LogP contribution in [0.25, 0.3) is 11.3 Å². The van der Waals surface area contributed by atoms with E-state index in [2.05, 4.69) is 26.9 Å². The minimum Gasteiger partial charge on any atom is -0.506 e. The molecule has 0 aliphatic carbocycles. The lowest BCUT2D eigenvalue weighted by Gasteiger charge is -2.25. The zero-order chi connectivity index (χ0) is 27.5. The highest BCUT2D eigenvalue weighted by Crippen LogP contribution is 2.55. The average Bonchev–Trinajstić information content (AvgIpc) is 3.32. The number of hydrogen-bond acceptors (Lipinski definition) is 4. The van der Waals surface area contributed by atoms with Crippen LogP contribution in [0.5, 0.6) is 11.5 Å². The average molecular weight is 554 g/mol. The lowest BCUT2D eigenvalue weighted by molar-refractivity contribution is -0.731. The van der Waals surface area contributed by atoms with Crippen molar-refractivity contribution >= 4 is 40.4 Å². The molecule has 0 spiro atoms. The Hall–Kier alpha value is -4.44. The second-order valence-corrected chi connectivity index (χ2v) is 9.92. The summed E-state index contributed by atoms with van der Waals surface area (Å²) in [4.78, 5) is 14.8. The van der Waals surface area contributed by atoms with Gasteiger partial charge in [0.15, 0.2) is 6.20 Å². The molecule has 1 unspecified atom stereocenters. The van der Waals surface area contributed by atoms with Crippen molar-refractivity contribution in [3.05, 3.63) is 89.6 Å². The molecule has 0 saturated heterocycles. The Morgan fingerprint density at radius 2 is 1.79 bits per heavy atom. The number of phenols is 1. The van der Waals surface area contributed by atoms with Gasteiger partial charge in [-0.15, -0.1) is 13.2 Å². The fraction of sp³-hybridized carbons (Fsp3) is 0.143. The van der Waals surface area contributed by atoms with Gasteiger partial charge in [0.2, 0.25) is 11.2 Å². The number of urea groups is 1. The van der Waals surface area contributed by atoms with Crippen molar-refractivity contribution in [2.45, 2.75) is 18.8 Å². The summed E-state index contributed by atoms with van der Waals surface area (Å²) in [5.41, 5.74) is 4.48. The van der Waals surface area contributed by atoms with Crippen molar-refractivity contribution in [1.29, 1.82) is 0 Å². The van der Waals surface area contributed by atoms with Crippen LogP contribution in [0, 0.1) is 0 Å². The zero-order valence-electron chi connectivity index (χ0n) is 20.4. The van der Waals surface area contributed by atoms with Crippen LogP contribution in [-0.4, -0.2) is 24.0 Å². The predicted octanol–water partition coefficient (Wildman–Crippen LogP) is 6.77. The van der Waals surface area contributed by atoms with Gasteiger partial charge in [0.05, 0.1) is 34.7 Å². The number of carbonyl (C=O) groups is 1. The van der Waals surface area contributed by atoms with E-state index in [0.717, 1.165) is 29.0 Å². The molecule has 2 amide bonds. The monoisotopic (exact) mass is 553 g/mol. The third-order valence-corrected chi connectivity index (χ3v) is 7.16. The van der Waals surface area contributed by atoms with E-state index in [4.69, 9.17) is 11.6 Å². The van der Waals surface area contributed by atoms with E-state index in [1.807, 2.05) is 41.4 Å². The molecule has 0 saturated carbocycles. The minimum absolute atomic E-state index is 0.109. The number of aromatic nitrogens is 1. The molecular formula is C28H21ClF3N4O3+. The highest BCUT2D eigenvalue weighted by molar-refractivity contribution is 6.30. The molecule has 0 fully saturated rings. The first-order valence-corrected chi connectivity index (χ1v) is 12.3. The standard InChI is InChI=1S/C28H20ClF3N4O3/c1-27-15-35(25-23(37)13-11-19(24(25)27)21-12-6-16(29)14-36(21)27)22-5-3-2-4-20(22)34-26(38)33-17-7-9-18(10-8-17)39-28(30,31)32/h2-14H,15H2,1H3,(H2,33,34,38)/p+1. The van der Waals surface area contributed by atoms with Crippen LogP contribution in [0.15, 0.2) is 79.0 Å². The number of para-hydroxylation sites is 2. The Bertz CT molecular complexity index is 1630. The Morgan fingerprint density at radius 1 is 1.05 bits per heavy atom. The fourth-order valence-electron chi connectivity index (χ4n) is 5.42. The van der Waals surface area contributed by atoms with Gasteiger partial charge in [0.25, 0.3) is 0 Å². The SMILES string of the molecule is CC12CN(c3ccccc3NC(=O)Nc3ccc(OC(F)(F)F)cc3)c3c(O)ccc(c31)-c1ccc(Cl)c[n+]12. The second kappa shape index (κ2) is 8.81. The molecule has 7 nitrogen and oxygen atoms in total. The molecule has 2 aliphatic rings. The molecule has 0 radical (unpaired) electrons. The molecule has 3 heterocycles. The van der Waals surface area contributed by atoms with Gasteiger partial charge in [-0.25, -0.2) is 4.79 Å².